The monoisotopic (exact) mass is 403 g/mol. The van der Waals surface area contributed by atoms with Gasteiger partial charge in [-0.3, -0.25) is 24.5 Å². The van der Waals surface area contributed by atoms with Crippen LogP contribution in [-0.4, -0.2) is 34.6 Å². The van der Waals surface area contributed by atoms with Crippen molar-refractivity contribution in [2.24, 2.45) is 11.8 Å². The van der Waals surface area contributed by atoms with Crippen molar-refractivity contribution in [1.29, 1.82) is 0 Å². The van der Waals surface area contributed by atoms with Gasteiger partial charge in [-0.15, -0.1) is 0 Å². The number of amides is 2. The molecular formula is C22H17N3O5. The van der Waals surface area contributed by atoms with Crippen molar-refractivity contribution in [2.75, 3.05) is 9.80 Å². The van der Waals surface area contributed by atoms with Crippen molar-refractivity contribution in [3.8, 4) is 0 Å². The van der Waals surface area contributed by atoms with Crippen molar-refractivity contribution in [1.82, 2.24) is 0 Å². The first-order valence-electron chi connectivity index (χ1n) is 9.58. The van der Waals surface area contributed by atoms with Crippen LogP contribution in [0.4, 0.5) is 17.1 Å². The molecule has 150 valence electrons. The Labute approximate surface area is 171 Å². The molecule has 4 atom stereocenters. The zero-order valence-electron chi connectivity index (χ0n) is 16.0. The number of nitro groups is 1. The number of hydrogen-bond acceptors (Lipinski definition) is 6. The van der Waals surface area contributed by atoms with Crippen LogP contribution in [0.1, 0.15) is 12.5 Å². The molecule has 5 rings (SSSR count). The zero-order valence-corrected chi connectivity index (χ0v) is 16.0. The standard InChI is InChI=1S/C22H17N3O5/c1-12(26)20-19-18(17-11-6-13-4-2-3-5-16(13)24(17)20)21(27)23(22(19)28)14-7-9-15(10-8-14)25(29)30/h2-11,17-20H,1H3. The number of benzene rings is 2. The quantitative estimate of drug-likeness (QED) is 0.444. The van der Waals surface area contributed by atoms with Crippen molar-refractivity contribution in [3.63, 3.8) is 0 Å². The first kappa shape index (κ1) is 18.2. The predicted molar refractivity (Wildman–Crippen MR) is 109 cm³/mol. The Balaban J connectivity index is 1.58. The van der Waals surface area contributed by atoms with Gasteiger partial charge in [-0.1, -0.05) is 30.4 Å². The summed E-state index contributed by atoms with van der Waals surface area (Å²) in [6.45, 7) is 1.44. The first-order chi connectivity index (χ1) is 14.4. The first-order valence-corrected chi connectivity index (χ1v) is 9.58. The third-order valence-electron chi connectivity index (χ3n) is 6.15. The maximum Gasteiger partial charge on any atom is 0.269 e. The molecule has 0 N–H and O–H groups in total. The molecule has 0 aliphatic carbocycles. The van der Waals surface area contributed by atoms with Gasteiger partial charge in [-0.2, -0.15) is 0 Å². The van der Waals surface area contributed by atoms with Gasteiger partial charge in [-0.05, 0) is 30.7 Å². The van der Waals surface area contributed by atoms with Crippen molar-refractivity contribution in [2.45, 2.75) is 19.0 Å². The number of hydrogen-bond donors (Lipinski definition) is 0. The van der Waals surface area contributed by atoms with Crippen LogP contribution in [0, 0.1) is 22.0 Å². The number of imide groups is 1. The third kappa shape index (κ3) is 2.36. The smallest absolute Gasteiger partial charge is 0.269 e. The SMILES string of the molecule is CC(=O)C1C2C(=O)N(c3ccc([N+](=O)[O-])cc3)C(=O)C2C2C=Cc3ccccc3N21. The fourth-order valence-electron chi connectivity index (χ4n) is 4.95. The van der Waals surface area contributed by atoms with Gasteiger partial charge in [0.1, 0.15) is 6.04 Å². The van der Waals surface area contributed by atoms with E-state index >= 15 is 0 Å². The molecule has 8 heteroatoms. The van der Waals surface area contributed by atoms with Crippen molar-refractivity contribution in [3.05, 3.63) is 70.3 Å². The molecule has 3 aliphatic rings. The Bertz CT molecular complexity index is 1140. The van der Waals surface area contributed by atoms with Gasteiger partial charge >= 0.3 is 0 Å². The Morgan fingerprint density at radius 3 is 2.33 bits per heavy atom. The molecular weight excluding hydrogens is 386 g/mol. The number of rotatable bonds is 3. The van der Waals surface area contributed by atoms with E-state index in [1.54, 1.807) is 0 Å². The summed E-state index contributed by atoms with van der Waals surface area (Å²) in [5.41, 5.74) is 1.92. The molecule has 0 bridgehead atoms. The van der Waals surface area contributed by atoms with Gasteiger partial charge in [0.15, 0.2) is 5.78 Å². The fraction of sp³-hybridized carbons (Fsp3) is 0.227. The summed E-state index contributed by atoms with van der Waals surface area (Å²) in [4.78, 5) is 52.7. The minimum absolute atomic E-state index is 0.127. The van der Waals surface area contributed by atoms with Crippen molar-refractivity contribution < 1.29 is 19.3 Å². The summed E-state index contributed by atoms with van der Waals surface area (Å²) in [5.74, 6) is -2.50. The topological polar surface area (TPSA) is 101 Å². The number of carbonyl (C=O) groups excluding carboxylic acids is 3. The van der Waals surface area contributed by atoms with E-state index in [0.29, 0.717) is 0 Å². The van der Waals surface area contributed by atoms with E-state index in [-0.39, 0.29) is 23.1 Å². The van der Waals surface area contributed by atoms with Gasteiger partial charge in [0.25, 0.3) is 5.69 Å². The number of non-ortho nitro benzene ring substituents is 1. The molecule has 0 radical (unpaired) electrons. The van der Waals surface area contributed by atoms with Crippen LogP contribution in [-0.2, 0) is 14.4 Å². The summed E-state index contributed by atoms with van der Waals surface area (Å²) in [6.07, 6.45) is 3.80. The van der Waals surface area contributed by atoms with Crippen LogP contribution < -0.4 is 9.80 Å². The maximum absolute atomic E-state index is 13.4. The Kier molecular flexibility index (Phi) is 3.86. The lowest BCUT2D eigenvalue weighted by molar-refractivity contribution is -0.384. The number of nitrogens with zero attached hydrogens (tertiary/aromatic N) is 3. The van der Waals surface area contributed by atoms with E-state index in [4.69, 9.17) is 0 Å². The Morgan fingerprint density at radius 1 is 1.00 bits per heavy atom. The van der Waals surface area contributed by atoms with E-state index in [0.717, 1.165) is 16.2 Å². The molecule has 30 heavy (non-hydrogen) atoms. The molecule has 0 spiro atoms. The molecule has 2 saturated heterocycles. The van der Waals surface area contributed by atoms with E-state index < -0.39 is 34.7 Å². The average molecular weight is 403 g/mol. The van der Waals surface area contributed by atoms with Crippen LogP contribution >= 0.6 is 0 Å². The molecule has 2 aromatic carbocycles. The summed E-state index contributed by atoms with van der Waals surface area (Å²) in [6, 6.07) is 11.7. The van der Waals surface area contributed by atoms with Crippen LogP contribution in [0.5, 0.6) is 0 Å². The zero-order chi connectivity index (χ0) is 21.2. The second kappa shape index (κ2) is 6.35. The van der Waals surface area contributed by atoms with E-state index in [9.17, 15) is 24.5 Å². The minimum atomic E-state index is -0.800. The normalized spacial score (nSPS) is 26.4. The second-order valence-electron chi connectivity index (χ2n) is 7.71. The highest BCUT2D eigenvalue weighted by atomic mass is 16.6. The van der Waals surface area contributed by atoms with Gasteiger partial charge in [-0.25, -0.2) is 4.90 Å². The van der Waals surface area contributed by atoms with Gasteiger partial charge in [0.2, 0.25) is 11.8 Å². The number of fused-ring (bicyclic) bond motifs is 5. The Hall–Kier alpha value is -3.81. The molecule has 3 heterocycles. The molecule has 4 unspecified atom stereocenters. The van der Waals surface area contributed by atoms with Crippen LogP contribution in [0.15, 0.2) is 54.6 Å². The van der Waals surface area contributed by atoms with E-state index in [1.165, 1.54) is 31.2 Å². The molecule has 3 aliphatic heterocycles. The lowest BCUT2D eigenvalue weighted by Gasteiger charge is -2.36. The Morgan fingerprint density at radius 2 is 1.67 bits per heavy atom. The summed E-state index contributed by atoms with van der Waals surface area (Å²) in [7, 11) is 0. The highest BCUT2D eigenvalue weighted by Gasteiger charge is 2.63. The summed E-state index contributed by atoms with van der Waals surface area (Å²) in [5, 5.41) is 10.9. The summed E-state index contributed by atoms with van der Waals surface area (Å²) < 4.78 is 0. The molecule has 8 nitrogen and oxygen atoms in total. The van der Waals surface area contributed by atoms with Gasteiger partial charge < -0.3 is 4.90 Å². The molecule has 0 saturated carbocycles. The van der Waals surface area contributed by atoms with Crippen LogP contribution in [0.2, 0.25) is 0 Å². The number of carbonyl (C=O) groups is 3. The average Bonchev–Trinajstić information content (AvgIpc) is 3.21. The largest absolute Gasteiger partial charge is 0.353 e. The molecule has 2 amide bonds. The molecule has 0 aromatic heterocycles. The number of Topliss-reactive ketones (excluding diaryl/α,β-unsaturated/α-hetero) is 1. The number of nitro benzene ring substituents is 1. The lowest BCUT2D eigenvalue weighted by atomic mass is 9.88. The fourth-order valence-corrected chi connectivity index (χ4v) is 4.95. The third-order valence-corrected chi connectivity index (χ3v) is 6.15. The lowest BCUT2D eigenvalue weighted by Crippen LogP contribution is -2.48. The maximum atomic E-state index is 13.4. The minimum Gasteiger partial charge on any atom is -0.353 e. The van der Waals surface area contributed by atoms with Crippen LogP contribution in [0.25, 0.3) is 6.08 Å². The number of para-hydroxylation sites is 1. The predicted octanol–water partition coefficient (Wildman–Crippen LogP) is 2.57. The van der Waals surface area contributed by atoms with E-state index in [2.05, 4.69) is 0 Å². The highest BCUT2D eigenvalue weighted by Crippen LogP contribution is 2.49. The van der Waals surface area contributed by atoms with Crippen LogP contribution in [0.3, 0.4) is 0 Å². The highest BCUT2D eigenvalue weighted by molar-refractivity contribution is 6.24. The van der Waals surface area contributed by atoms with Gasteiger partial charge in [0.05, 0.1) is 28.5 Å². The van der Waals surface area contributed by atoms with Crippen molar-refractivity contribution >= 4 is 40.7 Å². The molecule has 2 aromatic rings. The second-order valence-corrected chi connectivity index (χ2v) is 7.71. The van der Waals surface area contributed by atoms with E-state index in [1.807, 2.05) is 41.3 Å². The number of ketones is 1. The molecule has 2 fully saturated rings. The summed E-state index contributed by atoms with van der Waals surface area (Å²) >= 11 is 0. The van der Waals surface area contributed by atoms with Gasteiger partial charge in [0, 0.05) is 17.8 Å². The number of anilines is 2.